The molecule has 3 N–H and O–H groups in total. The number of halogens is 1. The smallest absolute Gasteiger partial charge is 0.306 e. The molecule has 0 unspecified atom stereocenters. The third-order valence-electron chi connectivity index (χ3n) is 4.27. The standard InChI is InChI=1S/C17H21ClN2O4/c1-10-2-7-14(13(18)8-10)20-15(21)9-19-16(22)11-3-5-12(6-4-11)17(23)24/h2,7-8,11-12H,3-6,9H2,1H3,(H,19,22)(H,20,21)(H,23,24). The van der Waals surface area contributed by atoms with E-state index in [2.05, 4.69) is 10.6 Å². The van der Waals surface area contributed by atoms with Gasteiger partial charge in [-0.15, -0.1) is 0 Å². The minimum atomic E-state index is -0.803. The number of aryl methyl sites for hydroxylation is 1. The van der Waals surface area contributed by atoms with E-state index in [1.54, 1.807) is 12.1 Å². The fourth-order valence-corrected chi connectivity index (χ4v) is 3.11. The number of carbonyl (C=O) groups excluding carboxylic acids is 2. The molecule has 1 saturated carbocycles. The summed E-state index contributed by atoms with van der Waals surface area (Å²) >= 11 is 6.05. The number of hydrogen-bond acceptors (Lipinski definition) is 3. The lowest BCUT2D eigenvalue weighted by Crippen LogP contribution is -2.38. The zero-order chi connectivity index (χ0) is 17.7. The second-order valence-corrected chi connectivity index (χ2v) is 6.54. The molecule has 2 rings (SSSR count). The van der Waals surface area contributed by atoms with Crippen molar-refractivity contribution in [2.45, 2.75) is 32.6 Å². The fourth-order valence-electron chi connectivity index (χ4n) is 2.83. The van der Waals surface area contributed by atoms with Crippen LogP contribution in [0, 0.1) is 18.8 Å². The number of anilines is 1. The van der Waals surface area contributed by atoms with Gasteiger partial charge in [0.25, 0.3) is 0 Å². The highest BCUT2D eigenvalue weighted by Gasteiger charge is 2.29. The first kappa shape index (κ1) is 18.3. The SMILES string of the molecule is Cc1ccc(NC(=O)CNC(=O)C2CCC(C(=O)O)CC2)c(Cl)c1. The van der Waals surface area contributed by atoms with Gasteiger partial charge in [-0.25, -0.2) is 0 Å². The van der Waals surface area contributed by atoms with E-state index in [0.29, 0.717) is 36.4 Å². The Balaban J connectivity index is 1.77. The average Bonchev–Trinajstić information content (AvgIpc) is 2.55. The highest BCUT2D eigenvalue weighted by molar-refractivity contribution is 6.33. The first-order chi connectivity index (χ1) is 11.4. The van der Waals surface area contributed by atoms with Crippen molar-refractivity contribution in [2.75, 3.05) is 11.9 Å². The number of aliphatic carboxylic acids is 1. The molecule has 0 aromatic heterocycles. The summed E-state index contributed by atoms with van der Waals surface area (Å²) in [6.07, 6.45) is 2.07. The van der Waals surface area contributed by atoms with Crippen molar-refractivity contribution in [1.82, 2.24) is 5.32 Å². The molecule has 0 saturated heterocycles. The highest BCUT2D eigenvalue weighted by Crippen LogP contribution is 2.29. The van der Waals surface area contributed by atoms with Gasteiger partial charge < -0.3 is 15.7 Å². The first-order valence-corrected chi connectivity index (χ1v) is 8.31. The highest BCUT2D eigenvalue weighted by atomic mass is 35.5. The van der Waals surface area contributed by atoms with Gasteiger partial charge in [-0.3, -0.25) is 14.4 Å². The number of rotatable bonds is 5. The third-order valence-corrected chi connectivity index (χ3v) is 4.58. The van der Waals surface area contributed by atoms with Gasteiger partial charge in [0.05, 0.1) is 23.2 Å². The fraction of sp³-hybridized carbons (Fsp3) is 0.471. The normalized spacial score (nSPS) is 20.2. The molecule has 1 fully saturated rings. The molecule has 0 radical (unpaired) electrons. The molecule has 0 atom stereocenters. The third kappa shape index (κ3) is 4.96. The van der Waals surface area contributed by atoms with Crippen molar-refractivity contribution in [3.63, 3.8) is 0 Å². The molecule has 0 bridgehead atoms. The largest absolute Gasteiger partial charge is 0.481 e. The van der Waals surface area contributed by atoms with E-state index in [4.69, 9.17) is 16.7 Å². The van der Waals surface area contributed by atoms with Gasteiger partial charge in [-0.05, 0) is 50.3 Å². The summed E-state index contributed by atoms with van der Waals surface area (Å²) in [7, 11) is 0. The molecule has 0 heterocycles. The Morgan fingerprint density at radius 2 is 1.79 bits per heavy atom. The number of carboxylic acid groups (broad SMARTS) is 1. The van der Waals surface area contributed by atoms with Crippen molar-refractivity contribution in [3.05, 3.63) is 28.8 Å². The van der Waals surface area contributed by atoms with E-state index in [9.17, 15) is 14.4 Å². The molecule has 24 heavy (non-hydrogen) atoms. The molecule has 1 aromatic rings. The van der Waals surface area contributed by atoms with Crippen LogP contribution in [0.4, 0.5) is 5.69 Å². The van der Waals surface area contributed by atoms with Gasteiger partial charge in [0.1, 0.15) is 0 Å². The molecule has 1 aliphatic rings. The second kappa shape index (κ2) is 8.15. The average molecular weight is 353 g/mol. The summed E-state index contributed by atoms with van der Waals surface area (Å²) in [6.45, 7) is 1.76. The van der Waals surface area contributed by atoms with Gasteiger partial charge in [-0.2, -0.15) is 0 Å². The summed E-state index contributed by atoms with van der Waals surface area (Å²) in [4.78, 5) is 34.9. The van der Waals surface area contributed by atoms with E-state index < -0.39 is 5.97 Å². The summed E-state index contributed by atoms with van der Waals surface area (Å²) in [5.74, 6) is -1.95. The van der Waals surface area contributed by atoms with Crippen LogP contribution < -0.4 is 10.6 Å². The van der Waals surface area contributed by atoms with E-state index in [-0.39, 0.29) is 30.2 Å². The van der Waals surface area contributed by atoms with Crippen LogP contribution in [0.25, 0.3) is 0 Å². The quantitative estimate of drug-likeness (QED) is 0.759. The number of hydrogen-bond donors (Lipinski definition) is 3. The van der Waals surface area contributed by atoms with E-state index in [1.165, 1.54) is 0 Å². The molecule has 1 aliphatic carbocycles. The lowest BCUT2D eigenvalue weighted by Gasteiger charge is -2.25. The zero-order valence-corrected chi connectivity index (χ0v) is 14.2. The van der Waals surface area contributed by atoms with Crippen LogP contribution in [0.15, 0.2) is 18.2 Å². The molecule has 1 aromatic carbocycles. The predicted molar refractivity (Wildman–Crippen MR) is 90.9 cm³/mol. The number of carboxylic acids is 1. The van der Waals surface area contributed by atoms with Crippen LogP contribution in [-0.2, 0) is 14.4 Å². The minimum Gasteiger partial charge on any atom is -0.481 e. The molecule has 0 spiro atoms. The predicted octanol–water partition coefficient (Wildman–Crippen LogP) is 2.59. The van der Waals surface area contributed by atoms with Crippen molar-refractivity contribution >= 4 is 35.1 Å². The lowest BCUT2D eigenvalue weighted by atomic mass is 9.81. The Morgan fingerprint density at radius 1 is 1.17 bits per heavy atom. The molecular formula is C17H21ClN2O4. The van der Waals surface area contributed by atoms with E-state index >= 15 is 0 Å². The van der Waals surface area contributed by atoms with Crippen LogP contribution in [0.3, 0.4) is 0 Å². The van der Waals surface area contributed by atoms with Gasteiger partial charge in [0, 0.05) is 5.92 Å². The second-order valence-electron chi connectivity index (χ2n) is 6.14. The van der Waals surface area contributed by atoms with Crippen molar-refractivity contribution in [2.24, 2.45) is 11.8 Å². The molecule has 2 amide bonds. The Bertz CT molecular complexity index is 639. The Hall–Kier alpha value is -2.08. The van der Waals surface area contributed by atoms with Crippen molar-refractivity contribution in [3.8, 4) is 0 Å². The van der Waals surface area contributed by atoms with Gasteiger partial charge in [0.15, 0.2) is 0 Å². The van der Waals surface area contributed by atoms with Gasteiger partial charge in [0.2, 0.25) is 11.8 Å². The zero-order valence-electron chi connectivity index (χ0n) is 13.5. The first-order valence-electron chi connectivity index (χ1n) is 7.93. The molecule has 7 heteroatoms. The van der Waals surface area contributed by atoms with Gasteiger partial charge >= 0.3 is 5.97 Å². The number of amides is 2. The molecule has 130 valence electrons. The summed E-state index contributed by atoms with van der Waals surface area (Å²) in [5, 5.41) is 14.7. The van der Waals surface area contributed by atoms with Crippen LogP contribution in [0.1, 0.15) is 31.2 Å². The maximum atomic E-state index is 12.1. The van der Waals surface area contributed by atoms with Gasteiger partial charge in [-0.1, -0.05) is 17.7 Å². The number of benzene rings is 1. The van der Waals surface area contributed by atoms with E-state index in [0.717, 1.165) is 5.56 Å². The Morgan fingerprint density at radius 3 is 2.38 bits per heavy atom. The van der Waals surface area contributed by atoms with Crippen molar-refractivity contribution in [1.29, 1.82) is 0 Å². The van der Waals surface area contributed by atoms with Crippen LogP contribution in [-0.4, -0.2) is 29.4 Å². The summed E-state index contributed by atoms with van der Waals surface area (Å²) in [5.41, 5.74) is 1.49. The van der Waals surface area contributed by atoms with Crippen LogP contribution in [0.2, 0.25) is 5.02 Å². The maximum absolute atomic E-state index is 12.1. The maximum Gasteiger partial charge on any atom is 0.306 e. The minimum absolute atomic E-state index is 0.137. The lowest BCUT2D eigenvalue weighted by molar-refractivity contribution is -0.144. The summed E-state index contributed by atoms with van der Waals surface area (Å²) in [6, 6.07) is 5.29. The summed E-state index contributed by atoms with van der Waals surface area (Å²) < 4.78 is 0. The number of nitrogens with one attached hydrogen (secondary N) is 2. The van der Waals surface area contributed by atoms with E-state index in [1.807, 2.05) is 13.0 Å². The molecule has 0 aliphatic heterocycles. The monoisotopic (exact) mass is 352 g/mol. The Labute approximate surface area is 145 Å². The molecular weight excluding hydrogens is 332 g/mol. The number of carbonyl (C=O) groups is 3. The van der Waals surface area contributed by atoms with Crippen molar-refractivity contribution < 1.29 is 19.5 Å². The van der Waals surface area contributed by atoms with Crippen LogP contribution in [0.5, 0.6) is 0 Å². The topological polar surface area (TPSA) is 95.5 Å². The molecule has 6 nitrogen and oxygen atoms in total. The Kier molecular flexibility index (Phi) is 6.20. The van der Waals surface area contributed by atoms with Crippen LogP contribution >= 0.6 is 11.6 Å².